The molecule has 1 aliphatic heterocycles. The first-order valence-electron chi connectivity index (χ1n) is 8.07. The maximum atomic E-state index is 11.3. The molecule has 0 aromatic heterocycles. The summed E-state index contributed by atoms with van der Waals surface area (Å²) in [5.74, 6) is 0.262. The van der Waals surface area contributed by atoms with Gasteiger partial charge >= 0.3 is 5.97 Å². The van der Waals surface area contributed by atoms with Crippen LogP contribution in [0.25, 0.3) is 0 Å². The number of nitrogens with one attached hydrogen (secondary N) is 1. The van der Waals surface area contributed by atoms with Crippen LogP contribution < -0.4 is 14.8 Å². The molecule has 0 saturated heterocycles. The molecule has 0 aliphatic carbocycles. The number of rotatable bonds is 5. The smallest absolute Gasteiger partial charge is 0.304 e. The first-order valence-corrected chi connectivity index (χ1v) is 8.95. The number of fused-ring (bicyclic) bond motifs is 1. The summed E-state index contributed by atoms with van der Waals surface area (Å²) in [7, 11) is 3.12. The molecule has 3 rings (SSSR count). The third kappa shape index (κ3) is 3.94. The lowest BCUT2D eigenvalue weighted by molar-refractivity contribution is -0.137. The number of nitrogens with zero attached hydrogens (tertiary/aromatic N) is 1. The van der Waals surface area contributed by atoms with Crippen LogP contribution in [0.5, 0.6) is 11.5 Å². The van der Waals surface area contributed by atoms with Gasteiger partial charge in [-0.2, -0.15) is 0 Å². The Balaban J connectivity index is 1.99. The molecule has 1 unspecified atom stereocenters. The quantitative estimate of drug-likeness (QED) is 0.811. The van der Waals surface area contributed by atoms with E-state index in [0.717, 1.165) is 11.3 Å². The predicted molar refractivity (Wildman–Crippen MR) is 104 cm³/mol. The third-order valence-corrected chi connectivity index (χ3v) is 5.14. The SMILES string of the molecule is COc1cc2c(cc1OC)C(CC(=O)O)SC(Nc1ccc(C)cc1)=N2. The van der Waals surface area contributed by atoms with Crippen molar-refractivity contribution in [3.8, 4) is 11.5 Å². The van der Waals surface area contributed by atoms with E-state index in [1.54, 1.807) is 26.4 Å². The molecule has 0 fully saturated rings. The van der Waals surface area contributed by atoms with Gasteiger partial charge in [0.2, 0.25) is 0 Å². The number of carboxylic acid groups (broad SMARTS) is 1. The van der Waals surface area contributed by atoms with Gasteiger partial charge in [-0.25, -0.2) is 4.99 Å². The molecule has 26 heavy (non-hydrogen) atoms. The van der Waals surface area contributed by atoms with Gasteiger partial charge in [-0.1, -0.05) is 29.5 Å². The minimum Gasteiger partial charge on any atom is -0.493 e. The van der Waals surface area contributed by atoms with Gasteiger partial charge in [0.25, 0.3) is 0 Å². The van der Waals surface area contributed by atoms with Crippen LogP contribution in [-0.2, 0) is 4.79 Å². The summed E-state index contributed by atoms with van der Waals surface area (Å²) < 4.78 is 10.7. The highest BCUT2D eigenvalue weighted by Gasteiger charge is 2.28. The number of aliphatic carboxylic acids is 1. The second-order valence-electron chi connectivity index (χ2n) is 5.88. The zero-order chi connectivity index (χ0) is 18.7. The van der Waals surface area contributed by atoms with Crippen LogP contribution in [-0.4, -0.2) is 30.5 Å². The lowest BCUT2D eigenvalue weighted by Crippen LogP contribution is -2.16. The van der Waals surface area contributed by atoms with E-state index in [4.69, 9.17) is 9.47 Å². The normalized spacial score (nSPS) is 15.7. The Labute approximate surface area is 156 Å². The molecule has 1 atom stereocenters. The lowest BCUT2D eigenvalue weighted by atomic mass is 10.1. The Hall–Kier alpha value is -2.67. The number of anilines is 1. The lowest BCUT2D eigenvalue weighted by Gasteiger charge is -2.25. The van der Waals surface area contributed by atoms with Gasteiger partial charge < -0.3 is 19.9 Å². The van der Waals surface area contributed by atoms with Gasteiger partial charge in [-0.3, -0.25) is 4.79 Å². The number of aliphatic imine (C=N–C) groups is 1. The molecule has 2 aromatic carbocycles. The van der Waals surface area contributed by atoms with Gasteiger partial charge in [0.1, 0.15) is 0 Å². The largest absolute Gasteiger partial charge is 0.493 e. The Kier molecular flexibility index (Phi) is 5.37. The molecular weight excluding hydrogens is 352 g/mol. The molecule has 1 aliphatic rings. The number of aryl methyl sites for hydroxylation is 1. The summed E-state index contributed by atoms with van der Waals surface area (Å²) in [6, 6.07) is 11.5. The van der Waals surface area contributed by atoms with Crippen LogP contribution in [0.3, 0.4) is 0 Å². The van der Waals surface area contributed by atoms with Crippen molar-refractivity contribution in [2.24, 2.45) is 4.99 Å². The molecular formula is C19H20N2O4S. The van der Waals surface area contributed by atoms with E-state index < -0.39 is 5.97 Å². The Morgan fingerprint density at radius 3 is 2.46 bits per heavy atom. The van der Waals surface area contributed by atoms with Gasteiger partial charge in [0.15, 0.2) is 16.7 Å². The van der Waals surface area contributed by atoms with Crippen molar-refractivity contribution in [2.75, 3.05) is 19.5 Å². The first-order chi connectivity index (χ1) is 12.5. The van der Waals surface area contributed by atoms with Gasteiger partial charge in [0, 0.05) is 11.8 Å². The molecule has 0 spiro atoms. The van der Waals surface area contributed by atoms with Crippen LogP contribution in [0.2, 0.25) is 0 Å². The Bertz CT molecular complexity index is 849. The number of thioether (sulfide) groups is 1. The highest BCUT2D eigenvalue weighted by atomic mass is 32.2. The molecule has 6 nitrogen and oxygen atoms in total. The average Bonchev–Trinajstić information content (AvgIpc) is 2.62. The maximum absolute atomic E-state index is 11.3. The van der Waals surface area contributed by atoms with E-state index >= 15 is 0 Å². The van der Waals surface area contributed by atoms with Crippen molar-refractivity contribution in [3.05, 3.63) is 47.5 Å². The minimum absolute atomic E-state index is 0.0122. The predicted octanol–water partition coefficient (Wildman–Crippen LogP) is 4.37. The van der Waals surface area contributed by atoms with Crippen LogP contribution in [0.15, 0.2) is 41.4 Å². The summed E-state index contributed by atoms with van der Waals surface area (Å²) in [4.78, 5) is 16.0. The second-order valence-corrected chi connectivity index (χ2v) is 7.07. The number of amidine groups is 1. The minimum atomic E-state index is -0.861. The van der Waals surface area contributed by atoms with Crippen molar-refractivity contribution in [3.63, 3.8) is 0 Å². The van der Waals surface area contributed by atoms with Crippen molar-refractivity contribution in [2.45, 2.75) is 18.6 Å². The maximum Gasteiger partial charge on any atom is 0.304 e. The van der Waals surface area contributed by atoms with E-state index in [1.165, 1.54) is 17.3 Å². The van der Waals surface area contributed by atoms with E-state index in [2.05, 4.69) is 10.3 Å². The Morgan fingerprint density at radius 2 is 1.85 bits per heavy atom. The molecule has 136 valence electrons. The van der Waals surface area contributed by atoms with Crippen LogP contribution >= 0.6 is 11.8 Å². The van der Waals surface area contributed by atoms with E-state index in [1.807, 2.05) is 31.2 Å². The van der Waals surface area contributed by atoms with Gasteiger partial charge in [0.05, 0.1) is 31.6 Å². The topological polar surface area (TPSA) is 80.2 Å². The summed E-state index contributed by atoms with van der Waals surface area (Å²) in [5.41, 5.74) is 3.58. The molecule has 0 amide bonds. The zero-order valence-corrected chi connectivity index (χ0v) is 15.6. The van der Waals surface area contributed by atoms with Crippen molar-refractivity contribution < 1.29 is 19.4 Å². The van der Waals surface area contributed by atoms with Crippen molar-refractivity contribution >= 4 is 34.3 Å². The second kappa shape index (κ2) is 7.70. The fourth-order valence-corrected chi connectivity index (χ4v) is 3.84. The number of hydrogen-bond donors (Lipinski definition) is 2. The van der Waals surface area contributed by atoms with Crippen molar-refractivity contribution in [1.82, 2.24) is 0 Å². The third-order valence-electron chi connectivity index (χ3n) is 4.02. The Morgan fingerprint density at radius 1 is 1.19 bits per heavy atom. The first kappa shape index (κ1) is 18.1. The highest BCUT2D eigenvalue weighted by molar-refractivity contribution is 8.14. The summed E-state index contributed by atoms with van der Waals surface area (Å²) >= 11 is 1.40. The van der Waals surface area contributed by atoms with Crippen LogP contribution in [0, 0.1) is 6.92 Å². The molecule has 1 heterocycles. The molecule has 0 radical (unpaired) electrons. The number of carbonyl (C=O) groups is 1. The van der Waals surface area contributed by atoms with E-state index in [9.17, 15) is 9.90 Å². The number of hydrogen-bond acceptors (Lipinski definition) is 6. The molecule has 2 N–H and O–H groups in total. The summed E-state index contributed by atoms with van der Waals surface area (Å²) in [6.07, 6.45) is -0.0122. The summed E-state index contributed by atoms with van der Waals surface area (Å²) in [6.45, 7) is 2.02. The molecule has 2 aromatic rings. The molecule has 7 heteroatoms. The fraction of sp³-hybridized carbons (Fsp3) is 0.263. The van der Waals surface area contributed by atoms with Gasteiger partial charge in [-0.15, -0.1) is 0 Å². The fourth-order valence-electron chi connectivity index (χ4n) is 2.70. The number of carboxylic acids is 1. The number of benzene rings is 2. The van der Waals surface area contributed by atoms with Crippen molar-refractivity contribution in [1.29, 1.82) is 0 Å². The summed E-state index contributed by atoms with van der Waals surface area (Å²) in [5, 5.41) is 12.9. The van der Waals surface area contributed by atoms with Gasteiger partial charge in [-0.05, 0) is 30.7 Å². The monoisotopic (exact) mass is 372 g/mol. The zero-order valence-electron chi connectivity index (χ0n) is 14.8. The van der Waals surface area contributed by atoms with E-state index in [0.29, 0.717) is 22.4 Å². The van der Waals surface area contributed by atoms with E-state index in [-0.39, 0.29) is 11.7 Å². The van der Waals surface area contributed by atoms with Crippen LogP contribution in [0.1, 0.15) is 22.8 Å². The molecule has 0 bridgehead atoms. The molecule has 0 saturated carbocycles. The average molecular weight is 372 g/mol. The number of methoxy groups -OCH3 is 2. The van der Waals surface area contributed by atoms with Crippen LogP contribution in [0.4, 0.5) is 11.4 Å². The standard InChI is InChI=1S/C19H20N2O4S/c1-11-4-6-12(7-5-11)20-19-21-14-9-16(25-3)15(24-2)8-13(14)17(26-19)10-18(22)23/h4-9,17H,10H2,1-3H3,(H,20,21)(H,22,23). The highest BCUT2D eigenvalue weighted by Crippen LogP contribution is 2.47. The number of ether oxygens (including phenoxy) is 2.